The second kappa shape index (κ2) is 6.18. The van der Waals surface area contributed by atoms with Crippen molar-refractivity contribution in [2.45, 2.75) is 6.61 Å². The molecule has 0 radical (unpaired) electrons. The van der Waals surface area contributed by atoms with Crippen molar-refractivity contribution in [3.05, 3.63) is 81.1 Å². The summed E-state index contributed by atoms with van der Waals surface area (Å²) in [6.45, 7) is -0.162. The number of rotatable bonds is 3. The summed E-state index contributed by atoms with van der Waals surface area (Å²) >= 11 is 5.83. The van der Waals surface area contributed by atoms with Gasteiger partial charge in [0.2, 0.25) is 0 Å². The number of pyridine rings is 1. The Morgan fingerprint density at radius 3 is 2.70 bits per heavy atom. The van der Waals surface area contributed by atoms with Gasteiger partial charge in [-0.2, -0.15) is 0 Å². The molecular formula is C16H10ClFN2O3. The van der Waals surface area contributed by atoms with Crippen molar-refractivity contribution < 1.29 is 13.9 Å². The van der Waals surface area contributed by atoms with Crippen LogP contribution in [0.4, 0.5) is 4.39 Å². The Bertz CT molecular complexity index is 938. The number of aromatic nitrogens is 2. The van der Waals surface area contributed by atoms with Crippen LogP contribution in [0.1, 0.15) is 16.1 Å². The average molecular weight is 333 g/mol. The molecule has 0 saturated heterocycles. The summed E-state index contributed by atoms with van der Waals surface area (Å²) in [4.78, 5) is 28.1. The van der Waals surface area contributed by atoms with Gasteiger partial charge in [0.1, 0.15) is 18.1 Å². The first-order valence-electron chi connectivity index (χ1n) is 6.63. The first kappa shape index (κ1) is 15.2. The summed E-state index contributed by atoms with van der Waals surface area (Å²) in [5.41, 5.74) is 0.600. The fourth-order valence-corrected chi connectivity index (χ4v) is 2.17. The summed E-state index contributed by atoms with van der Waals surface area (Å²) < 4.78 is 19.2. The Morgan fingerprint density at radius 2 is 1.96 bits per heavy atom. The fraction of sp³-hybridized carbons (Fsp3) is 0.0625. The van der Waals surface area contributed by atoms with E-state index in [-0.39, 0.29) is 17.7 Å². The van der Waals surface area contributed by atoms with Crippen molar-refractivity contribution in [1.82, 2.24) is 9.38 Å². The van der Waals surface area contributed by atoms with Crippen LogP contribution in [0.25, 0.3) is 5.65 Å². The first-order valence-corrected chi connectivity index (χ1v) is 7.01. The molecule has 0 aliphatic carbocycles. The van der Waals surface area contributed by atoms with E-state index >= 15 is 0 Å². The predicted octanol–water partition coefficient (Wildman–Crippen LogP) is 2.84. The third-order valence-electron chi connectivity index (χ3n) is 3.11. The Labute approximate surface area is 134 Å². The van der Waals surface area contributed by atoms with Gasteiger partial charge >= 0.3 is 5.97 Å². The topological polar surface area (TPSA) is 60.7 Å². The highest BCUT2D eigenvalue weighted by atomic mass is 35.5. The molecule has 0 saturated carbocycles. The minimum absolute atomic E-state index is 0.162. The van der Waals surface area contributed by atoms with E-state index in [1.165, 1.54) is 40.9 Å². The van der Waals surface area contributed by atoms with E-state index in [4.69, 9.17) is 16.3 Å². The van der Waals surface area contributed by atoms with Crippen LogP contribution in [0.5, 0.6) is 0 Å². The molecule has 0 amide bonds. The Morgan fingerprint density at radius 1 is 1.22 bits per heavy atom. The first-order chi connectivity index (χ1) is 11.0. The highest BCUT2D eigenvalue weighted by Crippen LogP contribution is 2.10. The molecule has 2 heterocycles. The number of nitrogens with zero attached hydrogens (tertiary/aromatic N) is 2. The smallest absolute Gasteiger partial charge is 0.338 e. The number of carbonyl (C=O) groups is 1. The molecule has 0 atom stereocenters. The average Bonchev–Trinajstić information content (AvgIpc) is 2.54. The van der Waals surface area contributed by atoms with E-state index in [9.17, 15) is 14.0 Å². The molecule has 0 bridgehead atoms. The van der Waals surface area contributed by atoms with Crippen molar-refractivity contribution in [2.24, 2.45) is 0 Å². The van der Waals surface area contributed by atoms with Gasteiger partial charge in [-0.1, -0.05) is 11.6 Å². The molecular weight excluding hydrogens is 323 g/mol. The van der Waals surface area contributed by atoms with Gasteiger partial charge in [-0.05, 0) is 36.4 Å². The number of halogens is 2. The monoisotopic (exact) mass is 332 g/mol. The minimum Gasteiger partial charge on any atom is -0.456 e. The van der Waals surface area contributed by atoms with E-state index in [1.54, 1.807) is 12.1 Å². The number of carbonyl (C=O) groups excluding carboxylic acids is 1. The van der Waals surface area contributed by atoms with E-state index in [0.29, 0.717) is 16.4 Å². The van der Waals surface area contributed by atoms with Gasteiger partial charge in [-0.15, -0.1) is 0 Å². The summed E-state index contributed by atoms with van der Waals surface area (Å²) in [7, 11) is 0. The van der Waals surface area contributed by atoms with Crippen molar-refractivity contribution in [3.63, 3.8) is 0 Å². The van der Waals surface area contributed by atoms with Crippen molar-refractivity contribution in [2.75, 3.05) is 0 Å². The Hall–Kier alpha value is -2.73. The number of benzene rings is 1. The van der Waals surface area contributed by atoms with E-state index in [1.807, 2.05) is 0 Å². The molecule has 0 N–H and O–H groups in total. The lowest BCUT2D eigenvalue weighted by Crippen LogP contribution is -2.16. The molecule has 0 aliphatic heterocycles. The van der Waals surface area contributed by atoms with Crippen LogP contribution in [0.15, 0.2) is 53.5 Å². The third-order valence-corrected chi connectivity index (χ3v) is 3.33. The second-order valence-corrected chi connectivity index (χ2v) is 5.18. The summed E-state index contributed by atoms with van der Waals surface area (Å²) in [5.74, 6) is -1.06. The zero-order valence-electron chi connectivity index (χ0n) is 11.7. The maximum atomic E-state index is 12.8. The largest absolute Gasteiger partial charge is 0.456 e. The van der Waals surface area contributed by atoms with E-state index < -0.39 is 11.8 Å². The fourth-order valence-electron chi connectivity index (χ4n) is 2.01. The third kappa shape index (κ3) is 3.37. The maximum absolute atomic E-state index is 12.8. The van der Waals surface area contributed by atoms with Gasteiger partial charge in [0.05, 0.1) is 16.3 Å². The van der Waals surface area contributed by atoms with Crippen molar-refractivity contribution in [3.8, 4) is 0 Å². The number of ether oxygens (including phenoxy) is 1. The van der Waals surface area contributed by atoms with Crippen LogP contribution < -0.4 is 5.56 Å². The van der Waals surface area contributed by atoms with Crippen molar-refractivity contribution in [1.29, 1.82) is 0 Å². The van der Waals surface area contributed by atoms with Gasteiger partial charge in [0.25, 0.3) is 5.56 Å². The normalized spacial score (nSPS) is 10.7. The molecule has 3 aromatic rings. The van der Waals surface area contributed by atoms with Gasteiger partial charge < -0.3 is 4.74 Å². The molecule has 2 aromatic heterocycles. The van der Waals surface area contributed by atoms with Crippen molar-refractivity contribution >= 4 is 23.2 Å². The quantitative estimate of drug-likeness (QED) is 0.692. The van der Waals surface area contributed by atoms with Crippen LogP contribution in [-0.2, 0) is 11.3 Å². The molecule has 116 valence electrons. The van der Waals surface area contributed by atoms with Crippen LogP contribution in [0.2, 0.25) is 5.02 Å². The molecule has 3 rings (SSSR count). The van der Waals surface area contributed by atoms with E-state index in [2.05, 4.69) is 4.98 Å². The SMILES string of the molecule is O=C(OCc1cc(=O)n2cc(Cl)ccc2n1)c1ccc(F)cc1. The molecule has 23 heavy (non-hydrogen) atoms. The standard InChI is InChI=1S/C16H10ClFN2O3/c17-11-3-6-14-19-13(7-15(21)20(14)8-11)9-23-16(22)10-1-4-12(18)5-2-10/h1-8H,9H2. The molecule has 0 aliphatic rings. The number of hydrogen-bond donors (Lipinski definition) is 0. The zero-order valence-corrected chi connectivity index (χ0v) is 12.5. The lowest BCUT2D eigenvalue weighted by atomic mass is 10.2. The Balaban J connectivity index is 1.79. The molecule has 0 fully saturated rings. The molecule has 0 unspecified atom stereocenters. The molecule has 0 spiro atoms. The maximum Gasteiger partial charge on any atom is 0.338 e. The van der Waals surface area contributed by atoms with Crippen LogP contribution in [0.3, 0.4) is 0 Å². The summed E-state index contributed by atoms with van der Waals surface area (Å²) in [6.07, 6.45) is 1.46. The highest BCUT2D eigenvalue weighted by Gasteiger charge is 2.09. The Kier molecular flexibility index (Phi) is 4.08. The number of fused-ring (bicyclic) bond motifs is 1. The summed E-state index contributed by atoms with van der Waals surface area (Å²) in [5, 5.41) is 0.414. The van der Waals surface area contributed by atoms with Gasteiger partial charge in [-0.25, -0.2) is 14.2 Å². The lowest BCUT2D eigenvalue weighted by molar-refractivity contribution is 0.0467. The second-order valence-electron chi connectivity index (χ2n) is 4.74. The van der Waals surface area contributed by atoms with Crippen LogP contribution in [0, 0.1) is 5.82 Å². The van der Waals surface area contributed by atoms with Crippen LogP contribution in [-0.4, -0.2) is 15.4 Å². The number of esters is 1. The molecule has 7 heteroatoms. The minimum atomic E-state index is -0.622. The van der Waals surface area contributed by atoms with Gasteiger partial charge in [0, 0.05) is 12.3 Å². The van der Waals surface area contributed by atoms with Gasteiger partial charge in [-0.3, -0.25) is 9.20 Å². The van der Waals surface area contributed by atoms with E-state index in [0.717, 1.165) is 0 Å². The van der Waals surface area contributed by atoms with Crippen LogP contribution >= 0.6 is 11.6 Å². The lowest BCUT2D eigenvalue weighted by Gasteiger charge is -2.06. The van der Waals surface area contributed by atoms with Gasteiger partial charge in [0.15, 0.2) is 0 Å². The predicted molar refractivity (Wildman–Crippen MR) is 82.0 cm³/mol. The highest BCUT2D eigenvalue weighted by molar-refractivity contribution is 6.30. The number of hydrogen-bond acceptors (Lipinski definition) is 4. The molecule has 1 aromatic carbocycles. The summed E-state index contributed by atoms with van der Waals surface area (Å²) in [6, 6.07) is 9.45. The molecule has 5 nitrogen and oxygen atoms in total. The zero-order chi connectivity index (χ0) is 16.4.